The first-order valence-electron chi connectivity index (χ1n) is 8.84. The summed E-state index contributed by atoms with van der Waals surface area (Å²) < 4.78 is 9.83. The minimum Gasteiger partial charge on any atom is -0.448 e. The first-order chi connectivity index (χ1) is 12.9. The molecule has 7 heteroatoms. The highest BCUT2D eigenvalue weighted by molar-refractivity contribution is 7.32. The zero-order chi connectivity index (χ0) is 19.1. The predicted molar refractivity (Wildman–Crippen MR) is 131 cm³/mol. The molecule has 0 bridgehead atoms. The van der Waals surface area contributed by atoms with Crippen molar-refractivity contribution in [2.45, 2.75) is 26.2 Å². The molecule has 4 aromatic heterocycles. The topological polar surface area (TPSA) is 9.23 Å². The third kappa shape index (κ3) is 4.14. The van der Waals surface area contributed by atoms with Crippen LogP contribution in [0.3, 0.4) is 0 Å². The Hall–Kier alpha value is -0.806. The van der Waals surface area contributed by atoms with Crippen LogP contribution >= 0.6 is 45.3 Å². The molecule has 0 amide bonds. The van der Waals surface area contributed by atoms with Crippen LogP contribution in [0.4, 0.5) is 0 Å². The molecule has 4 aromatic rings. The molecule has 4 rings (SSSR count). The first-order valence-corrected chi connectivity index (χ1v) is 18.0. The molecular weight excluding hydrogens is 441 g/mol. The summed E-state index contributed by atoms with van der Waals surface area (Å²) in [5.41, 5.74) is 0. The molecule has 0 aliphatic rings. The van der Waals surface area contributed by atoms with Gasteiger partial charge in [-0.3, -0.25) is 0 Å². The van der Waals surface area contributed by atoms with E-state index in [0.717, 1.165) is 0 Å². The zero-order valence-corrected chi connectivity index (χ0v) is 21.1. The van der Waals surface area contributed by atoms with Gasteiger partial charge in [0.05, 0.1) is 0 Å². The summed E-state index contributed by atoms with van der Waals surface area (Å²) >= 11 is 7.44. The molecule has 0 atom stereocenters. The number of hydrogen-bond donors (Lipinski definition) is 0. The van der Waals surface area contributed by atoms with E-state index in [1.54, 1.807) is 0 Å². The molecule has 0 fully saturated rings. The molecule has 1 nitrogen and oxygen atoms in total. The summed E-state index contributed by atoms with van der Waals surface area (Å²) in [6.07, 6.45) is 0. The van der Waals surface area contributed by atoms with Gasteiger partial charge in [-0.05, 0) is 73.3 Å². The fourth-order valence-corrected chi connectivity index (χ4v) is 16.6. The monoisotopic (exact) mass is 462 g/mol. The van der Waals surface area contributed by atoms with Crippen LogP contribution in [0.1, 0.15) is 0 Å². The smallest absolute Gasteiger partial charge is 0.216 e. The van der Waals surface area contributed by atoms with Crippen molar-refractivity contribution in [2.24, 2.45) is 0 Å². The number of thiophene rings is 4. The van der Waals surface area contributed by atoms with Gasteiger partial charge in [0.1, 0.15) is 0 Å². The molecule has 0 aromatic carbocycles. The molecule has 0 spiro atoms. The lowest BCUT2D eigenvalue weighted by atomic mass is 10.4. The molecule has 0 radical (unpaired) electrons. The van der Waals surface area contributed by atoms with Crippen LogP contribution in [0.5, 0.6) is 0 Å². The van der Waals surface area contributed by atoms with E-state index in [9.17, 15) is 0 Å². The summed E-state index contributed by atoms with van der Waals surface area (Å²) in [5, 5.41) is 4.29. The second-order valence-electron chi connectivity index (χ2n) is 7.41. The van der Waals surface area contributed by atoms with Crippen LogP contribution < -0.4 is 9.00 Å². The minimum absolute atomic E-state index is 1.35. The maximum absolute atomic E-state index is 6.96. The van der Waals surface area contributed by atoms with E-state index in [1.165, 1.54) is 28.5 Å². The molecule has 0 N–H and O–H groups in total. The standard InChI is InChI=1S/C20H22OS4Si2/c1-26(2,19-11-9-17(24-19)15-7-5-13-22-15)21-27(3,4)20-12-10-18(25-20)16-8-6-14-23-16/h5-14H,1-4H3. The Morgan fingerprint density at radius 2 is 1.04 bits per heavy atom. The summed E-state index contributed by atoms with van der Waals surface area (Å²) in [6, 6.07) is 17.8. The Labute approximate surface area is 179 Å². The molecule has 4 heterocycles. The van der Waals surface area contributed by atoms with Crippen molar-refractivity contribution in [1.82, 2.24) is 0 Å². The average Bonchev–Trinajstić information content (AvgIpc) is 3.43. The summed E-state index contributed by atoms with van der Waals surface area (Å²) in [5.74, 6) is 0. The highest BCUT2D eigenvalue weighted by Gasteiger charge is 2.38. The molecule has 0 unspecified atom stereocenters. The van der Waals surface area contributed by atoms with Gasteiger partial charge in [0.15, 0.2) is 0 Å². The van der Waals surface area contributed by atoms with E-state index in [1.807, 2.05) is 45.3 Å². The quantitative estimate of drug-likeness (QED) is 0.286. The van der Waals surface area contributed by atoms with Crippen LogP contribution in [-0.2, 0) is 4.12 Å². The Morgan fingerprint density at radius 3 is 1.41 bits per heavy atom. The fraction of sp³-hybridized carbons (Fsp3) is 0.200. The van der Waals surface area contributed by atoms with Gasteiger partial charge in [-0.2, -0.15) is 0 Å². The van der Waals surface area contributed by atoms with E-state index in [2.05, 4.69) is 85.5 Å². The Balaban J connectivity index is 1.56. The maximum atomic E-state index is 6.96. The summed E-state index contributed by atoms with van der Waals surface area (Å²) in [7, 11) is -3.90. The molecule has 140 valence electrons. The molecule has 0 saturated carbocycles. The van der Waals surface area contributed by atoms with Gasteiger partial charge in [-0.15, -0.1) is 45.3 Å². The molecular formula is C20H22OS4Si2. The zero-order valence-electron chi connectivity index (χ0n) is 15.8. The Morgan fingerprint density at radius 1 is 0.593 bits per heavy atom. The second-order valence-corrected chi connectivity index (χ2v) is 20.1. The van der Waals surface area contributed by atoms with Crippen LogP contribution in [0.15, 0.2) is 59.3 Å². The first kappa shape index (κ1) is 19.5. The Bertz CT molecular complexity index is 928. The number of hydrogen-bond acceptors (Lipinski definition) is 5. The summed E-state index contributed by atoms with van der Waals surface area (Å²) in [6.45, 7) is 9.39. The SMILES string of the molecule is C[Si](C)(O[Si](C)(C)c1ccc(-c2cccs2)s1)c1ccc(-c2cccs2)s1. The fourth-order valence-electron chi connectivity index (χ4n) is 3.16. The lowest BCUT2D eigenvalue weighted by Gasteiger charge is -2.32. The Kier molecular flexibility index (Phi) is 5.46. The van der Waals surface area contributed by atoms with Gasteiger partial charge < -0.3 is 4.12 Å². The van der Waals surface area contributed by atoms with E-state index in [0.29, 0.717) is 0 Å². The third-order valence-corrected chi connectivity index (χ3v) is 18.7. The van der Waals surface area contributed by atoms with E-state index in [4.69, 9.17) is 4.12 Å². The lowest BCUT2D eigenvalue weighted by Crippen LogP contribution is -2.56. The van der Waals surface area contributed by atoms with Crippen molar-refractivity contribution in [3.63, 3.8) is 0 Å². The molecule has 0 saturated heterocycles. The molecule has 0 aliphatic heterocycles. The van der Waals surface area contributed by atoms with Gasteiger partial charge in [0, 0.05) is 28.5 Å². The van der Waals surface area contributed by atoms with Gasteiger partial charge in [0.25, 0.3) is 0 Å². The molecule has 0 aliphatic carbocycles. The predicted octanol–water partition coefficient (Wildman–Crippen LogP) is 6.81. The van der Waals surface area contributed by atoms with Crippen LogP contribution in [0, 0.1) is 0 Å². The summed E-state index contributed by atoms with van der Waals surface area (Å²) in [4.78, 5) is 5.43. The normalized spacial score (nSPS) is 12.6. The van der Waals surface area contributed by atoms with Gasteiger partial charge >= 0.3 is 0 Å². The maximum Gasteiger partial charge on any atom is 0.216 e. The van der Waals surface area contributed by atoms with Crippen molar-refractivity contribution in [2.75, 3.05) is 0 Å². The second kappa shape index (κ2) is 7.55. The van der Waals surface area contributed by atoms with Gasteiger partial charge in [-0.1, -0.05) is 12.1 Å². The van der Waals surface area contributed by atoms with Crippen molar-refractivity contribution >= 4 is 71.0 Å². The minimum atomic E-state index is -1.95. The van der Waals surface area contributed by atoms with E-state index in [-0.39, 0.29) is 0 Å². The van der Waals surface area contributed by atoms with Crippen molar-refractivity contribution in [3.05, 3.63) is 59.3 Å². The van der Waals surface area contributed by atoms with Gasteiger partial charge in [-0.25, -0.2) is 0 Å². The highest BCUT2D eigenvalue weighted by atomic mass is 32.1. The average molecular weight is 463 g/mol. The largest absolute Gasteiger partial charge is 0.448 e. The number of rotatable bonds is 6. The highest BCUT2D eigenvalue weighted by Crippen LogP contribution is 2.32. The van der Waals surface area contributed by atoms with Crippen LogP contribution in [0.25, 0.3) is 19.5 Å². The lowest BCUT2D eigenvalue weighted by molar-refractivity contribution is 0.575. The van der Waals surface area contributed by atoms with Crippen molar-refractivity contribution in [3.8, 4) is 19.5 Å². The van der Waals surface area contributed by atoms with E-state index < -0.39 is 16.6 Å². The van der Waals surface area contributed by atoms with Crippen molar-refractivity contribution < 1.29 is 4.12 Å². The third-order valence-electron chi connectivity index (χ3n) is 4.44. The van der Waals surface area contributed by atoms with E-state index >= 15 is 0 Å². The van der Waals surface area contributed by atoms with Crippen molar-refractivity contribution in [1.29, 1.82) is 0 Å². The van der Waals surface area contributed by atoms with Gasteiger partial charge in [0.2, 0.25) is 16.6 Å². The molecule has 27 heavy (non-hydrogen) atoms. The van der Waals surface area contributed by atoms with Crippen LogP contribution in [0.2, 0.25) is 26.2 Å². The van der Waals surface area contributed by atoms with Crippen LogP contribution in [-0.4, -0.2) is 16.6 Å².